The molecule has 0 aliphatic rings. The fraction of sp³-hybridized carbons (Fsp3) is 0.268. The smallest absolute Gasteiger partial charge is 0.239 e. The minimum absolute atomic E-state index is 0.00458. The number of nitrogens with one attached hydrogen (secondary N) is 5. The summed E-state index contributed by atoms with van der Waals surface area (Å²) in [5.41, 5.74) is 14.8. The number of nitriles is 1. The van der Waals surface area contributed by atoms with E-state index in [9.17, 15) is 0 Å². The molecule has 4 aromatic carbocycles. The summed E-state index contributed by atoms with van der Waals surface area (Å²) in [6, 6.07) is 38.0. The number of hydrogen-bond donors (Lipinski definition) is 5. The molecule has 0 fully saturated rings. The van der Waals surface area contributed by atoms with E-state index < -0.39 is 0 Å². The number of pyridine rings is 1. The minimum Gasteiger partial charge on any atom is -0.497 e. The van der Waals surface area contributed by atoms with Crippen LogP contribution in [0.25, 0.3) is 55.2 Å². The monoisotopic (exact) mass is 1550 g/mol. The maximum Gasteiger partial charge on any atom is 0.239 e. The summed E-state index contributed by atoms with van der Waals surface area (Å²) in [6.07, 6.45) is 17.7. The van der Waals surface area contributed by atoms with Crippen molar-refractivity contribution in [2.24, 2.45) is 35.2 Å². The Morgan fingerprint density at radius 2 is 0.670 bits per heavy atom. The van der Waals surface area contributed by atoms with Crippen LogP contribution >= 0.6 is 23.2 Å². The predicted molar refractivity (Wildman–Crippen MR) is 444 cm³/mol. The lowest BCUT2D eigenvalue weighted by molar-refractivity contribution is 0.234. The van der Waals surface area contributed by atoms with E-state index in [2.05, 4.69) is 100 Å². The Morgan fingerprint density at radius 3 is 1.03 bits per heavy atom. The lowest BCUT2D eigenvalue weighted by Crippen LogP contribution is -2.09. The van der Waals surface area contributed by atoms with E-state index in [1.807, 2.05) is 243 Å². The topological polar surface area (TPSA) is 306 Å². The van der Waals surface area contributed by atoms with E-state index in [4.69, 9.17) is 56.9 Å². The fourth-order valence-corrected chi connectivity index (χ4v) is 12.0. The van der Waals surface area contributed by atoms with Gasteiger partial charge in [0.1, 0.15) is 98.8 Å². The van der Waals surface area contributed by atoms with Gasteiger partial charge in [0.05, 0.1) is 99.6 Å². The van der Waals surface area contributed by atoms with E-state index in [-0.39, 0.29) is 30.5 Å². The molecular formula is C82H90Cl2N22O6. The first-order chi connectivity index (χ1) is 53.8. The standard InChI is InChI=1S/C17H17N5O.C17H20N4O2.C17H20N4O.C16H17ClN4O.C15H16ClN5O/c1-11(2)23-15-8-12(9-18)4-5-13(15)21-17-16-14(19-10-20-17)6-7-22(16)3;1-11(2)23-15-9-12(22-4)5-6-13(15)20-17-16-14(18-10-19-17)7-8-21(16)3;1-11(2)22-15-9-12(3)5-6-13(15)20-17-16-14(18-10-19-17)7-8-21(16)4;1-10(2)22-14-8-11(17)4-5-12(14)20-16-15-13(18-9-19-16)6-7-21(15)3;1-9(2)22-15-11(4-5-12(16)20-15)19-14-13-10(17-8-18-14)6-7-21(13)3/h4-8,10-11H,1-3H3,(H,19,20,21);5-11H,1-4H3,(H,18,19,20);5-11H,1-4H3,(H,18,19,20);4-10H,1-3H3,(H,18,19,20);4-9H,1-3H3,(H,17,18,19). The number of halogens is 2. The van der Waals surface area contributed by atoms with Gasteiger partial charge < -0.3 is 77.8 Å². The molecule has 30 heteroatoms. The number of hydrogen-bond acceptors (Lipinski definition) is 23. The van der Waals surface area contributed by atoms with Crippen LogP contribution in [0.15, 0.2) is 178 Å². The van der Waals surface area contributed by atoms with Crippen LogP contribution in [0, 0.1) is 18.3 Å². The normalized spacial score (nSPS) is 11.0. The molecule has 0 atom stereocenters. The van der Waals surface area contributed by atoms with Crippen LogP contribution in [0.1, 0.15) is 80.4 Å². The summed E-state index contributed by atoms with van der Waals surface area (Å²) in [5, 5.41) is 26.7. The number of rotatable bonds is 21. The SMILES string of the molecule is CC(C)Oc1cc(C#N)ccc1Nc1ncnc2ccn(C)c12.CC(C)Oc1cc(Cl)ccc1Nc1ncnc2ccn(C)c12.CC(C)Oc1nc(Cl)ccc1Nc1ncnc2ccn(C)c12.COc1ccc(Nc2ncnc3ccn(C)c23)c(OC(C)C)c1.Cc1ccc(Nc2ncnc3ccn(C)c23)c(OC(C)C)c1. The second kappa shape index (κ2) is 36.5. The van der Waals surface area contributed by atoms with Gasteiger partial charge in [-0.25, -0.2) is 49.8 Å². The van der Waals surface area contributed by atoms with Gasteiger partial charge in [-0.3, -0.25) is 0 Å². The van der Waals surface area contributed by atoms with Crippen molar-refractivity contribution >= 4 is 136 Å². The molecule has 0 radical (unpaired) electrons. The molecule has 15 aromatic rings. The molecule has 28 nitrogen and oxygen atoms in total. The molecule has 0 amide bonds. The third-order valence-electron chi connectivity index (χ3n) is 16.6. The Hall–Kier alpha value is -13.0. The van der Waals surface area contributed by atoms with Crippen molar-refractivity contribution in [2.45, 2.75) is 107 Å². The largest absolute Gasteiger partial charge is 0.497 e. The Bertz CT molecular complexity index is 5460. The molecule has 578 valence electrons. The van der Waals surface area contributed by atoms with E-state index in [0.29, 0.717) is 50.4 Å². The predicted octanol–water partition coefficient (Wildman–Crippen LogP) is 18.4. The van der Waals surface area contributed by atoms with Gasteiger partial charge in [0.25, 0.3) is 0 Å². The van der Waals surface area contributed by atoms with Crippen molar-refractivity contribution in [1.29, 1.82) is 5.26 Å². The first-order valence-corrected chi connectivity index (χ1v) is 36.8. The lowest BCUT2D eigenvalue weighted by Gasteiger charge is -2.16. The third kappa shape index (κ3) is 20.1. The van der Waals surface area contributed by atoms with Gasteiger partial charge in [0.15, 0.2) is 29.1 Å². The number of benzene rings is 4. The second-order valence-electron chi connectivity index (χ2n) is 27.2. The molecule has 0 aliphatic carbocycles. The van der Waals surface area contributed by atoms with Gasteiger partial charge in [0.2, 0.25) is 5.88 Å². The zero-order valence-electron chi connectivity index (χ0n) is 65.4. The van der Waals surface area contributed by atoms with Gasteiger partial charge >= 0.3 is 0 Å². The van der Waals surface area contributed by atoms with Crippen LogP contribution in [0.3, 0.4) is 0 Å². The van der Waals surface area contributed by atoms with E-state index in [1.165, 1.54) is 12.7 Å². The number of fused-ring (bicyclic) bond motifs is 5. The summed E-state index contributed by atoms with van der Waals surface area (Å²) in [5.74, 6) is 7.70. The molecule has 0 bridgehead atoms. The summed E-state index contributed by atoms with van der Waals surface area (Å²) < 4.78 is 44.3. The van der Waals surface area contributed by atoms with Crippen LogP contribution in [0.5, 0.6) is 34.6 Å². The molecule has 0 unspecified atom stereocenters. The molecule has 0 saturated carbocycles. The number of aryl methyl sites for hydroxylation is 6. The van der Waals surface area contributed by atoms with Crippen molar-refractivity contribution < 1.29 is 28.4 Å². The van der Waals surface area contributed by atoms with E-state index >= 15 is 0 Å². The molecule has 11 heterocycles. The Balaban J connectivity index is 0.000000138. The number of nitrogens with zero attached hydrogens (tertiary/aromatic N) is 17. The second-order valence-corrected chi connectivity index (χ2v) is 28.0. The van der Waals surface area contributed by atoms with Crippen molar-refractivity contribution in [1.82, 2.24) is 77.7 Å². The van der Waals surface area contributed by atoms with E-state index in [1.54, 1.807) is 50.4 Å². The summed E-state index contributed by atoms with van der Waals surface area (Å²) in [7, 11) is 11.4. The molecule has 0 spiro atoms. The summed E-state index contributed by atoms with van der Waals surface area (Å²) in [4.78, 5) is 47.3. The maximum atomic E-state index is 9.08. The quantitative estimate of drug-likeness (QED) is 0.0417. The number of ether oxygens (including phenoxy) is 6. The molecule has 11 aromatic heterocycles. The van der Waals surface area contributed by atoms with Crippen LogP contribution in [-0.4, -0.2) is 115 Å². The molecule has 0 saturated heterocycles. The molecular weight excluding hydrogens is 1460 g/mol. The zero-order valence-corrected chi connectivity index (χ0v) is 66.9. The average molecular weight is 1550 g/mol. The first-order valence-electron chi connectivity index (χ1n) is 36.1. The Labute approximate surface area is 659 Å². The fourth-order valence-electron chi connectivity index (χ4n) is 11.7. The van der Waals surface area contributed by atoms with Crippen LogP contribution in [0.4, 0.5) is 57.5 Å². The highest BCUT2D eigenvalue weighted by molar-refractivity contribution is 6.31. The number of aromatic nitrogens is 16. The number of anilines is 10. The summed E-state index contributed by atoms with van der Waals surface area (Å²) in [6.45, 7) is 21.8. The van der Waals surface area contributed by atoms with Gasteiger partial charge in [-0.1, -0.05) is 29.3 Å². The molecule has 0 aliphatic heterocycles. The number of methoxy groups -OCH3 is 1. The highest BCUT2D eigenvalue weighted by atomic mass is 35.5. The summed E-state index contributed by atoms with van der Waals surface area (Å²) >= 11 is 12.0. The van der Waals surface area contributed by atoms with Crippen molar-refractivity contribution in [3.8, 4) is 40.7 Å². The zero-order chi connectivity index (χ0) is 79.9. The van der Waals surface area contributed by atoms with Gasteiger partial charge in [0, 0.05) is 89.4 Å². The van der Waals surface area contributed by atoms with Gasteiger partial charge in [-0.05, 0) is 173 Å². The first kappa shape index (κ1) is 80.0. The third-order valence-corrected chi connectivity index (χ3v) is 17.0. The lowest BCUT2D eigenvalue weighted by atomic mass is 10.2. The van der Waals surface area contributed by atoms with Gasteiger partial charge in [-0.15, -0.1) is 0 Å². The van der Waals surface area contributed by atoms with Gasteiger partial charge in [-0.2, -0.15) is 10.2 Å². The maximum absolute atomic E-state index is 9.08. The average Bonchev–Trinajstić information content (AvgIpc) is 1.65. The molecule has 5 N–H and O–H groups in total. The Kier molecular flexibility index (Phi) is 26.1. The van der Waals surface area contributed by atoms with Crippen molar-refractivity contribution in [2.75, 3.05) is 33.7 Å². The molecule has 15 rings (SSSR count). The minimum atomic E-state index is -0.00743. The van der Waals surface area contributed by atoms with Crippen LogP contribution in [0.2, 0.25) is 10.2 Å². The van der Waals surface area contributed by atoms with Crippen LogP contribution in [-0.2, 0) is 35.2 Å². The highest BCUT2D eigenvalue weighted by Crippen LogP contribution is 2.38. The van der Waals surface area contributed by atoms with Crippen molar-refractivity contribution in [3.63, 3.8) is 0 Å². The molecule has 112 heavy (non-hydrogen) atoms. The van der Waals surface area contributed by atoms with Crippen LogP contribution < -0.4 is 55.0 Å². The highest BCUT2D eigenvalue weighted by Gasteiger charge is 2.19. The van der Waals surface area contributed by atoms with Crippen molar-refractivity contribution in [3.05, 3.63) is 199 Å². The Morgan fingerprint density at radius 1 is 0.357 bits per heavy atom. The van der Waals surface area contributed by atoms with E-state index in [0.717, 1.165) is 118 Å².